The second kappa shape index (κ2) is 32.8. The van der Waals surface area contributed by atoms with Crippen LogP contribution in [0.15, 0.2) is 44.0 Å². The van der Waals surface area contributed by atoms with E-state index in [2.05, 4.69) is 39.9 Å². The third kappa shape index (κ3) is 16.8. The lowest BCUT2D eigenvalue weighted by molar-refractivity contribution is -0.194. The SMILES string of the molecule is CC(=O)C[C@H](C(=O)OC[C@H]1O[C@@H](c2cn(C)c3c(=O)[nH]c(N)nc23)C2OC(C)(C)O[C@@H]21)C(C)C.CC(C)[C@H](N)C(=O)OC[C@H]1O[C@@H](c2cn(C)c3c(=O)[nH]c(N)nc23)[C@H](O)[C@@H]1O.Cl.Cl.Cn1cc([C@@H]2O[C@H](CO)[C@@H](O)[C@H]2O)c2nc(N)[nH]c(=O)c21.Cn1cc([C@@H]2O[C@H](CO)[C@H]3OC(C)(C)OC23)c2nc(N)[nH]c(=O)c21. The maximum absolute atomic E-state index is 12.7. The number of aromatic amines is 4. The largest absolute Gasteiger partial charge is 0.463 e. The van der Waals surface area contributed by atoms with Gasteiger partial charge in [0.05, 0.1) is 19.1 Å². The van der Waals surface area contributed by atoms with Crippen molar-refractivity contribution in [2.75, 3.05) is 49.4 Å². The van der Waals surface area contributed by atoms with E-state index in [4.69, 9.17) is 81.1 Å². The maximum Gasteiger partial charge on any atom is 0.323 e. The van der Waals surface area contributed by atoms with Gasteiger partial charge in [0.2, 0.25) is 23.8 Å². The minimum atomic E-state index is -1.31. The number of hydrogen-bond donors (Lipinski definition) is 15. The van der Waals surface area contributed by atoms with E-state index >= 15 is 0 Å². The molecule has 0 bridgehead atoms. The molecule has 0 aromatic carbocycles. The molecule has 0 spiro atoms. The normalized spacial score (nSPS) is 27.7. The molecule has 0 radical (unpaired) electrons. The predicted molar refractivity (Wildman–Crippen MR) is 392 cm³/mol. The number of anilines is 4. The summed E-state index contributed by atoms with van der Waals surface area (Å²) < 4.78 is 64.7. The Kier molecular flexibility index (Phi) is 25.4. The van der Waals surface area contributed by atoms with E-state index in [0.717, 1.165) is 0 Å². The first-order chi connectivity index (χ1) is 50.2. The fourth-order valence-electron chi connectivity index (χ4n) is 14.4. The van der Waals surface area contributed by atoms with E-state index in [1.165, 1.54) is 11.5 Å². The van der Waals surface area contributed by atoms with Crippen molar-refractivity contribution in [1.82, 2.24) is 58.1 Å². The van der Waals surface area contributed by atoms with E-state index < -0.39 is 145 Å². The number of esters is 2. The number of carbonyl (C=O) groups is 3. The van der Waals surface area contributed by atoms with Crippen molar-refractivity contribution < 1.29 is 92.4 Å². The number of carbonyl (C=O) groups excluding carboxylic acids is 3. The van der Waals surface area contributed by atoms with Gasteiger partial charge >= 0.3 is 11.9 Å². The number of aryl methyl sites for hydroxylation is 4. The Bertz CT molecular complexity index is 4910. The number of aliphatic hydroxyl groups is 6. The van der Waals surface area contributed by atoms with Crippen LogP contribution in [0.4, 0.5) is 23.8 Å². The third-order valence-electron chi connectivity index (χ3n) is 19.5. The zero-order valence-corrected chi connectivity index (χ0v) is 63.4. The molecule has 6 fully saturated rings. The quantitative estimate of drug-likeness (QED) is 0.0504. The molecular formula is C67H95Cl2N17O23. The number of nitrogens with zero attached hydrogens (tertiary/aromatic N) is 8. The van der Waals surface area contributed by atoms with E-state index in [1.54, 1.807) is 94.4 Å². The second-order valence-corrected chi connectivity index (χ2v) is 29.0. The van der Waals surface area contributed by atoms with Gasteiger partial charge in [-0.05, 0) is 46.5 Å². The molecule has 20 N–H and O–H groups in total. The zero-order valence-electron chi connectivity index (χ0n) is 61.8. The molecule has 14 rings (SSSR count). The van der Waals surface area contributed by atoms with Crippen molar-refractivity contribution in [3.8, 4) is 0 Å². The van der Waals surface area contributed by atoms with Gasteiger partial charge in [-0.1, -0.05) is 27.7 Å². The highest BCUT2D eigenvalue weighted by atomic mass is 35.5. The second-order valence-electron chi connectivity index (χ2n) is 29.0. The monoisotopic (exact) mass is 1580 g/mol. The maximum atomic E-state index is 12.7. The van der Waals surface area contributed by atoms with Gasteiger partial charge in [-0.2, -0.15) is 0 Å². The standard InChI is InChI=1S/C23H32N4O7.C17H25N5O6.C15H20N4O5.C12H16N4O5.2ClH/c1-10(2)12(7-11(3)28)21(30)31-9-14-18-19(34-23(4,5)33-18)17(32-14)13-8-27(6)16-15(13)25-22(24)26-20(16)29;1-6(2)9(18)16(26)27-5-8-12(23)13(24)14(28-8)7-4-22(3)11-10(7)20-17(19)21-15(11)25;1-15(2)23-11-7(5-20)22-10(12(11)24-15)6-4-19(3)9-8(6)17-14(16)18-13(9)21;1-16-2-4(6-7(16)11(20)15-12(13)14-6)10-9(19)8(18)5(3-17)21-10;;/h8,10,12,14,17-19H,7,9H2,1-6H3,(H3,24,25,26,29);4,6,8-9,12-14,23-24H,5,18H2,1-3H3,(H3,19,20,21,25);4,7,10-12,20H,5H2,1-3H3,(H3,16,17,18,21);2,5,8-10,17-19H,3H2,1H3,(H3,13,14,15,20);2*1H/t12-,14+,17-,18+,19?;8-,9+,12-,13-,14+;7-,10+,11-,12?;5-,8-,9-,10+;;/m0111../s1. The minimum Gasteiger partial charge on any atom is -0.463 e. The molecule has 600 valence electrons. The third-order valence-corrected chi connectivity index (χ3v) is 19.5. The number of Topliss-reactive ketones (excluding diaryl/α,β-unsaturated/α-hetero) is 1. The van der Waals surface area contributed by atoms with E-state index in [1.807, 2.05) is 27.7 Å². The van der Waals surface area contributed by atoms with Crippen molar-refractivity contribution in [2.24, 2.45) is 51.7 Å². The summed E-state index contributed by atoms with van der Waals surface area (Å²) in [6.07, 6.45) is -5.98. The van der Waals surface area contributed by atoms with Gasteiger partial charge < -0.3 is 130 Å². The van der Waals surface area contributed by atoms with E-state index in [9.17, 15) is 59.1 Å². The zero-order chi connectivity index (χ0) is 78.2. The molecule has 0 saturated carbocycles. The van der Waals surface area contributed by atoms with Gasteiger partial charge in [-0.3, -0.25) is 48.7 Å². The van der Waals surface area contributed by atoms with Gasteiger partial charge in [0.15, 0.2) is 11.6 Å². The highest BCUT2D eigenvalue weighted by molar-refractivity contribution is 5.86. The number of rotatable bonds is 16. The van der Waals surface area contributed by atoms with Crippen LogP contribution >= 0.6 is 24.8 Å². The summed E-state index contributed by atoms with van der Waals surface area (Å²) in [5.74, 6) is -3.54. The molecule has 6 aliphatic heterocycles. The fourth-order valence-corrected chi connectivity index (χ4v) is 14.4. The van der Waals surface area contributed by atoms with Crippen LogP contribution in [0.3, 0.4) is 0 Å². The van der Waals surface area contributed by atoms with Crippen LogP contribution in [0, 0.1) is 17.8 Å². The Morgan fingerprint density at radius 1 is 0.477 bits per heavy atom. The molecule has 6 saturated heterocycles. The lowest BCUT2D eigenvalue weighted by Crippen LogP contribution is -2.40. The van der Waals surface area contributed by atoms with Crippen molar-refractivity contribution in [1.29, 1.82) is 0 Å². The summed E-state index contributed by atoms with van der Waals surface area (Å²) in [5.41, 5.74) is 31.8. The first-order valence-corrected chi connectivity index (χ1v) is 34.5. The Balaban J connectivity index is 0.000000169. The highest BCUT2D eigenvalue weighted by Crippen LogP contribution is 2.49. The lowest BCUT2D eigenvalue weighted by Gasteiger charge is -2.25. The van der Waals surface area contributed by atoms with Gasteiger partial charge in [-0.25, -0.2) is 19.9 Å². The van der Waals surface area contributed by atoms with Crippen LogP contribution in [-0.4, -0.2) is 224 Å². The van der Waals surface area contributed by atoms with Crippen molar-refractivity contribution in [3.05, 3.63) is 88.5 Å². The predicted octanol–water partition coefficient (Wildman–Crippen LogP) is -1.23. The average molecular weight is 1580 g/mol. The number of ketones is 1. The lowest BCUT2D eigenvalue weighted by atomic mass is 9.91. The van der Waals surface area contributed by atoms with Crippen molar-refractivity contribution >= 4 is 110 Å². The Morgan fingerprint density at radius 3 is 1.12 bits per heavy atom. The summed E-state index contributed by atoms with van der Waals surface area (Å²) in [7, 11) is 6.79. The van der Waals surface area contributed by atoms with Crippen LogP contribution in [0.25, 0.3) is 44.1 Å². The molecule has 109 heavy (non-hydrogen) atoms. The van der Waals surface area contributed by atoms with Gasteiger partial charge in [0, 0.05) is 81.7 Å². The molecule has 8 aromatic rings. The van der Waals surface area contributed by atoms with Crippen LogP contribution in [-0.2, 0) is 89.9 Å². The van der Waals surface area contributed by atoms with Gasteiger partial charge in [-0.15, -0.1) is 24.8 Å². The number of hydrogen-bond acceptors (Lipinski definition) is 32. The van der Waals surface area contributed by atoms with Gasteiger partial charge in [0.1, 0.15) is 167 Å². The van der Waals surface area contributed by atoms with Crippen LogP contribution in [0.2, 0.25) is 0 Å². The van der Waals surface area contributed by atoms with Crippen molar-refractivity contribution in [3.63, 3.8) is 0 Å². The molecule has 2 unspecified atom stereocenters. The number of aromatic nitrogens is 12. The molecule has 40 nitrogen and oxygen atoms in total. The number of aliphatic hydroxyl groups excluding tert-OH is 6. The molecular weight excluding hydrogens is 1480 g/mol. The van der Waals surface area contributed by atoms with Crippen LogP contribution < -0.4 is 50.9 Å². The number of fused-ring (bicyclic) bond motifs is 6. The topological polar surface area (TPSA) is 598 Å². The molecule has 42 heteroatoms. The van der Waals surface area contributed by atoms with Crippen LogP contribution in [0.5, 0.6) is 0 Å². The fraction of sp³-hybridized carbons (Fsp3) is 0.597. The molecule has 8 aromatic heterocycles. The average Bonchev–Trinajstić information content (AvgIpc) is 1.58. The van der Waals surface area contributed by atoms with Crippen molar-refractivity contribution in [2.45, 2.75) is 184 Å². The Morgan fingerprint density at radius 2 is 0.780 bits per heavy atom. The first-order valence-electron chi connectivity index (χ1n) is 34.5. The summed E-state index contributed by atoms with van der Waals surface area (Å²) in [5, 5.41) is 59.4. The Labute approximate surface area is 631 Å². The number of H-pyrrole nitrogens is 4. The van der Waals surface area contributed by atoms with E-state index in [0.29, 0.717) is 49.8 Å². The summed E-state index contributed by atoms with van der Waals surface area (Å²) >= 11 is 0. The molecule has 18 atom stereocenters. The number of nitrogens with one attached hydrogen (secondary N) is 4. The molecule has 6 aliphatic rings. The smallest absolute Gasteiger partial charge is 0.323 e. The summed E-state index contributed by atoms with van der Waals surface area (Å²) in [4.78, 5) is 112. The summed E-state index contributed by atoms with van der Waals surface area (Å²) in [6, 6.07) is -0.795. The van der Waals surface area contributed by atoms with E-state index in [-0.39, 0.29) is 126 Å². The number of ether oxygens (including phenoxy) is 10. The highest BCUT2D eigenvalue weighted by Gasteiger charge is 2.58. The van der Waals surface area contributed by atoms with Gasteiger partial charge in [0.25, 0.3) is 22.2 Å². The number of halogens is 2. The molecule has 0 amide bonds. The Hall–Kier alpha value is -8.53. The molecule has 14 heterocycles. The number of nitrogen functional groups attached to an aromatic ring is 4. The first kappa shape index (κ1) is 84.5. The number of nitrogens with two attached hydrogens (primary N) is 5. The minimum absolute atomic E-state index is 0. The molecule has 0 aliphatic carbocycles. The van der Waals surface area contributed by atoms with Crippen LogP contribution in [0.1, 0.15) is 115 Å². The summed E-state index contributed by atoms with van der Waals surface area (Å²) in [6.45, 7) is 15.1.